The maximum absolute atomic E-state index is 11.9. The van der Waals surface area contributed by atoms with Gasteiger partial charge in [-0.05, 0) is 36.8 Å². The van der Waals surface area contributed by atoms with Crippen molar-refractivity contribution in [3.63, 3.8) is 0 Å². The van der Waals surface area contributed by atoms with Gasteiger partial charge in [0.15, 0.2) is 0 Å². The Kier molecular flexibility index (Phi) is 4.59. The molecule has 1 fully saturated rings. The van der Waals surface area contributed by atoms with Crippen molar-refractivity contribution in [3.8, 4) is 0 Å². The maximum Gasteiger partial charge on any atom is 0.251 e. The predicted octanol–water partition coefficient (Wildman–Crippen LogP) is 3.29. The van der Waals surface area contributed by atoms with E-state index < -0.39 is 0 Å². The lowest BCUT2D eigenvalue weighted by Crippen LogP contribution is -2.31. The fourth-order valence-corrected chi connectivity index (χ4v) is 2.59. The van der Waals surface area contributed by atoms with Crippen LogP contribution in [0.1, 0.15) is 43.0 Å². The zero-order valence-electron chi connectivity index (χ0n) is 10.7. The summed E-state index contributed by atoms with van der Waals surface area (Å²) in [5.74, 6) is 1.41. The summed E-state index contributed by atoms with van der Waals surface area (Å²) in [5, 5.41) is 3.34. The first kappa shape index (κ1) is 13.3. The molecule has 1 aliphatic carbocycles. The number of rotatable bonds is 3. The van der Waals surface area contributed by atoms with E-state index in [2.05, 4.69) is 17.2 Å². The first-order valence-electron chi connectivity index (χ1n) is 6.55. The lowest BCUT2D eigenvalue weighted by atomic mass is 9.83. The number of carbonyl (C=O) groups excluding carboxylic acids is 1. The van der Waals surface area contributed by atoms with Gasteiger partial charge in [-0.3, -0.25) is 4.79 Å². The second kappa shape index (κ2) is 6.19. The Bertz CT molecular complexity index is 414. The van der Waals surface area contributed by atoms with E-state index >= 15 is 0 Å². The lowest BCUT2D eigenvalue weighted by molar-refractivity contribution is 0.0942. The first-order valence-corrected chi connectivity index (χ1v) is 6.92. The van der Waals surface area contributed by atoms with Gasteiger partial charge in [0.2, 0.25) is 0 Å². The number of nitrogens with zero attached hydrogens (tertiary/aromatic N) is 1. The number of nitrogens with one attached hydrogen (secondary N) is 1. The highest BCUT2D eigenvalue weighted by molar-refractivity contribution is 6.29. The largest absolute Gasteiger partial charge is 0.352 e. The average Bonchev–Trinajstić information content (AvgIpc) is 2.38. The summed E-state index contributed by atoms with van der Waals surface area (Å²) in [6, 6.07) is 3.28. The Balaban J connectivity index is 1.81. The molecule has 18 heavy (non-hydrogen) atoms. The van der Waals surface area contributed by atoms with Crippen molar-refractivity contribution in [1.29, 1.82) is 0 Å². The van der Waals surface area contributed by atoms with Crippen LogP contribution >= 0.6 is 11.6 Å². The molecule has 2 rings (SSSR count). The standard InChI is InChI=1S/C14H19ClN2O/c1-10-2-4-11(5-3-10)9-17-14(18)12-6-7-16-13(15)8-12/h6-8,10-11H,2-5,9H2,1H3,(H,17,18). The fourth-order valence-electron chi connectivity index (χ4n) is 2.42. The van der Waals surface area contributed by atoms with Crippen LogP contribution in [0.5, 0.6) is 0 Å². The van der Waals surface area contributed by atoms with E-state index in [1.165, 1.54) is 25.7 Å². The van der Waals surface area contributed by atoms with Gasteiger partial charge in [0.05, 0.1) is 0 Å². The molecule has 1 aromatic rings. The molecule has 1 aromatic heterocycles. The molecule has 0 saturated heterocycles. The second-order valence-corrected chi connectivity index (χ2v) is 5.59. The van der Waals surface area contributed by atoms with E-state index in [-0.39, 0.29) is 5.91 Å². The van der Waals surface area contributed by atoms with E-state index in [0.717, 1.165) is 12.5 Å². The first-order chi connectivity index (χ1) is 8.65. The Morgan fingerprint density at radius 3 is 2.83 bits per heavy atom. The second-order valence-electron chi connectivity index (χ2n) is 5.20. The van der Waals surface area contributed by atoms with E-state index in [9.17, 15) is 4.79 Å². The van der Waals surface area contributed by atoms with Crippen molar-refractivity contribution < 1.29 is 4.79 Å². The average molecular weight is 267 g/mol. The zero-order chi connectivity index (χ0) is 13.0. The van der Waals surface area contributed by atoms with Crippen LogP contribution in [0.15, 0.2) is 18.3 Å². The summed E-state index contributed by atoms with van der Waals surface area (Å²) >= 11 is 5.76. The van der Waals surface area contributed by atoms with E-state index in [4.69, 9.17) is 11.6 Å². The number of amides is 1. The molecule has 0 atom stereocenters. The van der Waals surface area contributed by atoms with Gasteiger partial charge in [0, 0.05) is 18.3 Å². The van der Waals surface area contributed by atoms with Crippen LogP contribution in [-0.2, 0) is 0 Å². The number of halogens is 1. The molecular weight excluding hydrogens is 248 g/mol. The van der Waals surface area contributed by atoms with Crippen molar-refractivity contribution in [2.75, 3.05) is 6.54 Å². The smallest absolute Gasteiger partial charge is 0.251 e. The lowest BCUT2D eigenvalue weighted by Gasteiger charge is -2.26. The van der Waals surface area contributed by atoms with Gasteiger partial charge < -0.3 is 5.32 Å². The zero-order valence-corrected chi connectivity index (χ0v) is 11.4. The van der Waals surface area contributed by atoms with Gasteiger partial charge in [-0.1, -0.05) is 31.4 Å². The Morgan fingerprint density at radius 2 is 2.17 bits per heavy atom. The summed E-state index contributed by atoms with van der Waals surface area (Å²) in [6.07, 6.45) is 6.56. The van der Waals surface area contributed by atoms with Crippen LogP contribution in [0.3, 0.4) is 0 Å². The summed E-state index contributed by atoms with van der Waals surface area (Å²) in [6.45, 7) is 3.07. The third-order valence-electron chi connectivity index (χ3n) is 3.68. The molecule has 1 amide bonds. The number of pyridine rings is 1. The monoisotopic (exact) mass is 266 g/mol. The van der Waals surface area contributed by atoms with Gasteiger partial charge in [-0.2, -0.15) is 0 Å². The van der Waals surface area contributed by atoms with Crippen molar-refractivity contribution >= 4 is 17.5 Å². The van der Waals surface area contributed by atoms with Crippen LogP contribution < -0.4 is 5.32 Å². The highest BCUT2D eigenvalue weighted by Gasteiger charge is 2.18. The van der Waals surface area contributed by atoms with E-state index in [0.29, 0.717) is 16.6 Å². The summed E-state index contributed by atoms with van der Waals surface area (Å²) < 4.78 is 0. The molecule has 0 radical (unpaired) electrons. The number of aromatic nitrogens is 1. The van der Waals surface area contributed by atoms with Crippen molar-refractivity contribution in [1.82, 2.24) is 10.3 Å². The minimum Gasteiger partial charge on any atom is -0.352 e. The minimum absolute atomic E-state index is 0.0575. The molecule has 1 heterocycles. The topological polar surface area (TPSA) is 42.0 Å². The highest BCUT2D eigenvalue weighted by Crippen LogP contribution is 2.27. The summed E-state index contributed by atoms with van der Waals surface area (Å²) in [5.41, 5.74) is 0.583. The molecule has 98 valence electrons. The maximum atomic E-state index is 11.9. The summed E-state index contributed by atoms with van der Waals surface area (Å²) in [7, 11) is 0. The van der Waals surface area contributed by atoms with Crippen LogP contribution in [0.25, 0.3) is 0 Å². The van der Waals surface area contributed by atoms with Crippen molar-refractivity contribution in [3.05, 3.63) is 29.0 Å². The third kappa shape index (κ3) is 3.70. The Labute approximate surface area is 113 Å². The molecule has 1 saturated carbocycles. The number of carbonyl (C=O) groups is 1. The van der Waals surface area contributed by atoms with Crippen LogP contribution in [0.2, 0.25) is 5.15 Å². The third-order valence-corrected chi connectivity index (χ3v) is 3.88. The molecule has 0 spiro atoms. The van der Waals surface area contributed by atoms with Gasteiger partial charge in [-0.15, -0.1) is 0 Å². The van der Waals surface area contributed by atoms with Crippen molar-refractivity contribution in [2.45, 2.75) is 32.6 Å². The molecule has 1 N–H and O–H groups in total. The van der Waals surface area contributed by atoms with Crippen molar-refractivity contribution in [2.24, 2.45) is 11.8 Å². The van der Waals surface area contributed by atoms with Gasteiger partial charge in [0.25, 0.3) is 5.91 Å². The van der Waals surface area contributed by atoms with Gasteiger partial charge >= 0.3 is 0 Å². The molecule has 0 aliphatic heterocycles. The molecule has 4 heteroatoms. The minimum atomic E-state index is -0.0575. The Hall–Kier alpha value is -1.09. The van der Waals surface area contributed by atoms with Crippen LogP contribution in [0.4, 0.5) is 0 Å². The van der Waals surface area contributed by atoms with E-state index in [1.54, 1.807) is 18.3 Å². The molecule has 0 unspecified atom stereocenters. The SMILES string of the molecule is CC1CCC(CNC(=O)c2ccnc(Cl)c2)CC1. The molecule has 3 nitrogen and oxygen atoms in total. The Morgan fingerprint density at radius 1 is 1.44 bits per heavy atom. The number of hydrogen-bond acceptors (Lipinski definition) is 2. The van der Waals surface area contributed by atoms with Crippen LogP contribution in [-0.4, -0.2) is 17.4 Å². The molecule has 1 aliphatic rings. The number of hydrogen-bond donors (Lipinski definition) is 1. The molecule has 0 bridgehead atoms. The molecule has 0 aromatic carbocycles. The quantitative estimate of drug-likeness (QED) is 0.853. The molecular formula is C14H19ClN2O. The van der Waals surface area contributed by atoms with Gasteiger partial charge in [0.1, 0.15) is 5.15 Å². The van der Waals surface area contributed by atoms with Gasteiger partial charge in [-0.25, -0.2) is 4.98 Å². The summed E-state index contributed by atoms with van der Waals surface area (Å²) in [4.78, 5) is 15.8. The highest BCUT2D eigenvalue weighted by atomic mass is 35.5. The van der Waals surface area contributed by atoms with Crippen LogP contribution in [0, 0.1) is 11.8 Å². The normalized spacial score (nSPS) is 23.7. The fraction of sp³-hybridized carbons (Fsp3) is 0.571. The predicted molar refractivity (Wildman–Crippen MR) is 72.7 cm³/mol. The van der Waals surface area contributed by atoms with E-state index in [1.807, 2.05) is 0 Å².